The number of thiophene rings is 1. The Balaban J connectivity index is 2.37. The first-order chi connectivity index (χ1) is 7.52. The molecule has 0 bridgehead atoms. The molecule has 4 nitrogen and oxygen atoms in total. The lowest BCUT2D eigenvalue weighted by Crippen LogP contribution is -2.45. The fourth-order valence-electron chi connectivity index (χ4n) is 1.20. The number of aliphatic hydroxyl groups is 1. The van der Waals surface area contributed by atoms with E-state index in [1.54, 1.807) is 0 Å². The molecule has 1 heterocycles. The van der Waals surface area contributed by atoms with Crippen LogP contribution >= 0.6 is 11.3 Å². The Kier molecular flexibility index (Phi) is 4.92. The molecule has 2 atom stereocenters. The summed E-state index contributed by atoms with van der Waals surface area (Å²) in [5, 5.41) is 16.1. The van der Waals surface area contributed by atoms with Gasteiger partial charge in [0.1, 0.15) is 0 Å². The first-order valence-electron chi connectivity index (χ1n) is 5.25. The van der Waals surface area contributed by atoms with Gasteiger partial charge in [-0.1, -0.05) is 13.8 Å². The van der Waals surface area contributed by atoms with Gasteiger partial charge in [-0.25, -0.2) is 0 Å². The van der Waals surface area contributed by atoms with Crippen molar-refractivity contribution in [1.29, 1.82) is 0 Å². The van der Waals surface area contributed by atoms with Crippen LogP contribution in [0.25, 0.3) is 0 Å². The van der Waals surface area contributed by atoms with Crippen molar-refractivity contribution in [3.8, 4) is 0 Å². The molecule has 1 aromatic rings. The van der Waals surface area contributed by atoms with Crippen molar-refractivity contribution in [3.05, 3.63) is 22.4 Å². The van der Waals surface area contributed by atoms with Crippen molar-refractivity contribution < 1.29 is 9.90 Å². The molecule has 1 rings (SSSR count). The van der Waals surface area contributed by atoms with Crippen molar-refractivity contribution in [2.24, 2.45) is 11.7 Å². The maximum absolute atomic E-state index is 11.5. The summed E-state index contributed by atoms with van der Waals surface area (Å²) in [5.74, 6) is -0.123. The van der Waals surface area contributed by atoms with Gasteiger partial charge in [-0.15, -0.1) is 0 Å². The van der Waals surface area contributed by atoms with Crippen molar-refractivity contribution in [1.82, 2.24) is 5.32 Å². The second-order valence-electron chi connectivity index (χ2n) is 4.09. The van der Waals surface area contributed by atoms with Gasteiger partial charge in [0, 0.05) is 6.54 Å². The fourth-order valence-corrected chi connectivity index (χ4v) is 1.91. The first kappa shape index (κ1) is 13.2. The van der Waals surface area contributed by atoms with E-state index in [2.05, 4.69) is 5.32 Å². The maximum atomic E-state index is 11.5. The topological polar surface area (TPSA) is 75.4 Å². The van der Waals surface area contributed by atoms with Crippen LogP contribution in [-0.2, 0) is 4.79 Å². The highest BCUT2D eigenvalue weighted by Gasteiger charge is 2.18. The van der Waals surface area contributed by atoms with Crippen LogP contribution in [-0.4, -0.2) is 23.6 Å². The SMILES string of the molecule is CC(C)C(N)C(=O)NCC(O)c1ccsc1. The van der Waals surface area contributed by atoms with Crippen LogP contribution in [0, 0.1) is 5.92 Å². The molecule has 0 fully saturated rings. The molecule has 0 spiro atoms. The molecule has 90 valence electrons. The predicted molar refractivity (Wildman–Crippen MR) is 65.1 cm³/mol. The lowest BCUT2D eigenvalue weighted by Gasteiger charge is -2.17. The Bertz CT molecular complexity index is 325. The predicted octanol–water partition coefficient (Wildman–Crippen LogP) is 0.881. The van der Waals surface area contributed by atoms with Crippen LogP contribution in [0.15, 0.2) is 16.8 Å². The molecule has 0 saturated carbocycles. The van der Waals surface area contributed by atoms with Crippen LogP contribution in [0.1, 0.15) is 25.5 Å². The molecule has 2 unspecified atom stereocenters. The third kappa shape index (κ3) is 3.59. The lowest BCUT2D eigenvalue weighted by atomic mass is 10.0. The smallest absolute Gasteiger partial charge is 0.237 e. The Morgan fingerprint density at radius 1 is 1.62 bits per heavy atom. The number of aliphatic hydroxyl groups excluding tert-OH is 1. The van der Waals surface area contributed by atoms with Crippen molar-refractivity contribution in [3.63, 3.8) is 0 Å². The van der Waals surface area contributed by atoms with Gasteiger partial charge in [-0.2, -0.15) is 11.3 Å². The molecular weight excluding hydrogens is 224 g/mol. The second kappa shape index (κ2) is 5.98. The minimum absolute atomic E-state index is 0.0956. The van der Waals surface area contributed by atoms with Gasteiger partial charge in [0.15, 0.2) is 0 Å². The van der Waals surface area contributed by atoms with Crippen molar-refractivity contribution in [2.75, 3.05) is 6.54 Å². The van der Waals surface area contributed by atoms with E-state index in [-0.39, 0.29) is 18.4 Å². The summed E-state index contributed by atoms with van der Waals surface area (Å²) in [5.41, 5.74) is 6.50. The molecular formula is C11H18N2O2S. The van der Waals surface area contributed by atoms with Crippen LogP contribution in [0.2, 0.25) is 0 Å². The number of rotatable bonds is 5. The zero-order valence-corrected chi connectivity index (χ0v) is 10.3. The minimum Gasteiger partial charge on any atom is -0.387 e. The third-order valence-corrected chi connectivity index (χ3v) is 3.12. The summed E-state index contributed by atoms with van der Waals surface area (Å²) in [7, 11) is 0. The van der Waals surface area contributed by atoms with E-state index < -0.39 is 12.1 Å². The van der Waals surface area contributed by atoms with Crippen LogP contribution in [0.3, 0.4) is 0 Å². The van der Waals surface area contributed by atoms with Crippen LogP contribution in [0.4, 0.5) is 0 Å². The van der Waals surface area contributed by atoms with E-state index >= 15 is 0 Å². The number of carbonyl (C=O) groups is 1. The van der Waals surface area contributed by atoms with Gasteiger partial charge in [0.2, 0.25) is 5.91 Å². The molecule has 0 radical (unpaired) electrons. The molecule has 0 aliphatic rings. The normalized spacial score (nSPS) is 14.8. The zero-order chi connectivity index (χ0) is 12.1. The summed E-state index contributed by atoms with van der Waals surface area (Å²) in [6.45, 7) is 3.98. The highest BCUT2D eigenvalue weighted by atomic mass is 32.1. The summed E-state index contributed by atoms with van der Waals surface area (Å²) in [6, 6.07) is 1.32. The molecule has 16 heavy (non-hydrogen) atoms. The summed E-state index contributed by atoms with van der Waals surface area (Å²) >= 11 is 1.52. The van der Waals surface area contributed by atoms with Crippen molar-refractivity contribution in [2.45, 2.75) is 26.0 Å². The molecule has 1 aromatic heterocycles. The van der Waals surface area contributed by atoms with E-state index in [0.29, 0.717) is 0 Å². The number of carbonyl (C=O) groups excluding carboxylic acids is 1. The number of hydrogen-bond donors (Lipinski definition) is 3. The molecule has 1 amide bonds. The van der Waals surface area contributed by atoms with E-state index in [0.717, 1.165) is 5.56 Å². The van der Waals surface area contributed by atoms with Crippen LogP contribution in [0.5, 0.6) is 0 Å². The van der Waals surface area contributed by atoms with E-state index in [1.165, 1.54) is 11.3 Å². The summed E-state index contributed by atoms with van der Waals surface area (Å²) < 4.78 is 0. The lowest BCUT2D eigenvalue weighted by molar-refractivity contribution is -0.123. The molecule has 4 N–H and O–H groups in total. The number of nitrogens with one attached hydrogen (secondary N) is 1. The second-order valence-corrected chi connectivity index (χ2v) is 4.87. The standard InChI is InChI=1S/C11H18N2O2S/c1-7(2)10(12)11(15)13-5-9(14)8-3-4-16-6-8/h3-4,6-7,9-10,14H,5,12H2,1-2H3,(H,13,15). The minimum atomic E-state index is -0.658. The number of amides is 1. The highest BCUT2D eigenvalue weighted by molar-refractivity contribution is 7.07. The average molecular weight is 242 g/mol. The van der Waals surface area contributed by atoms with E-state index in [4.69, 9.17) is 5.73 Å². The molecule has 5 heteroatoms. The molecule has 0 aromatic carbocycles. The van der Waals surface area contributed by atoms with E-state index in [9.17, 15) is 9.90 Å². The Hall–Kier alpha value is -0.910. The Labute approximate surface area is 99.5 Å². The monoisotopic (exact) mass is 242 g/mol. The highest BCUT2D eigenvalue weighted by Crippen LogP contribution is 2.15. The molecule has 0 saturated heterocycles. The Morgan fingerprint density at radius 2 is 2.31 bits per heavy atom. The van der Waals surface area contributed by atoms with Gasteiger partial charge >= 0.3 is 0 Å². The first-order valence-corrected chi connectivity index (χ1v) is 6.20. The summed E-state index contributed by atoms with van der Waals surface area (Å²) in [6.07, 6.45) is -0.658. The maximum Gasteiger partial charge on any atom is 0.237 e. The zero-order valence-electron chi connectivity index (χ0n) is 9.51. The van der Waals surface area contributed by atoms with Gasteiger partial charge in [0.25, 0.3) is 0 Å². The fraction of sp³-hybridized carbons (Fsp3) is 0.545. The molecule has 0 aliphatic carbocycles. The third-order valence-electron chi connectivity index (χ3n) is 2.42. The Morgan fingerprint density at radius 3 is 2.81 bits per heavy atom. The quantitative estimate of drug-likeness (QED) is 0.717. The average Bonchev–Trinajstić information content (AvgIpc) is 2.77. The van der Waals surface area contributed by atoms with Crippen molar-refractivity contribution >= 4 is 17.2 Å². The number of nitrogens with two attached hydrogens (primary N) is 1. The largest absolute Gasteiger partial charge is 0.387 e. The van der Waals surface area contributed by atoms with Gasteiger partial charge < -0.3 is 16.2 Å². The number of hydrogen-bond acceptors (Lipinski definition) is 4. The van der Waals surface area contributed by atoms with Gasteiger partial charge in [0.05, 0.1) is 12.1 Å². The van der Waals surface area contributed by atoms with Gasteiger partial charge in [-0.3, -0.25) is 4.79 Å². The summed E-state index contributed by atoms with van der Waals surface area (Å²) in [4.78, 5) is 11.5. The van der Waals surface area contributed by atoms with Gasteiger partial charge in [-0.05, 0) is 28.3 Å². The van der Waals surface area contributed by atoms with Crippen LogP contribution < -0.4 is 11.1 Å². The van der Waals surface area contributed by atoms with E-state index in [1.807, 2.05) is 30.7 Å². The molecule has 0 aliphatic heterocycles.